The fourth-order valence-corrected chi connectivity index (χ4v) is 3.96. The lowest BCUT2D eigenvalue weighted by Crippen LogP contribution is -2.24. The molecule has 5 heteroatoms. The van der Waals surface area contributed by atoms with E-state index in [9.17, 15) is 4.79 Å². The summed E-state index contributed by atoms with van der Waals surface area (Å²) in [5.41, 5.74) is 4.50. The Morgan fingerprint density at radius 3 is 2.52 bits per heavy atom. The number of rotatable bonds is 3. The Labute approximate surface area is 145 Å². The molecule has 25 heavy (non-hydrogen) atoms. The molecule has 0 bridgehead atoms. The minimum atomic E-state index is -0.615. The third kappa shape index (κ3) is 1.74. The minimum absolute atomic E-state index is 0.103. The Bertz CT molecular complexity index is 993. The first-order valence-electron chi connectivity index (χ1n) is 8.26. The van der Waals surface area contributed by atoms with Gasteiger partial charge in [0, 0.05) is 11.1 Å². The summed E-state index contributed by atoms with van der Waals surface area (Å²) in [5, 5.41) is 4.79. The average Bonchev–Trinajstić information content (AvgIpc) is 3.19. The summed E-state index contributed by atoms with van der Waals surface area (Å²) in [6, 6.07) is 17.9. The number of aromatic nitrogens is 2. The SMILES string of the molecule is CN(C)C1OC12c1ccccc1-n1nc(-c3ccccc3)c(C=O)c12. The number of likely N-dealkylation sites (N-methyl/N-ethyl adjacent to an activating group) is 1. The second-order valence-corrected chi connectivity index (χ2v) is 6.69. The van der Waals surface area contributed by atoms with Crippen LogP contribution in [-0.4, -0.2) is 41.3 Å². The zero-order chi connectivity index (χ0) is 17.2. The zero-order valence-corrected chi connectivity index (χ0v) is 14.0. The predicted octanol–water partition coefficient (Wildman–Crippen LogP) is 2.83. The number of hydrogen-bond donors (Lipinski definition) is 0. The Balaban J connectivity index is 1.81. The summed E-state index contributed by atoms with van der Waals surface area (Å²) < 4.78 is 8.06. The van der Waals surface area contributed by atoms with Crippen LogP contribution in [0, 0.1) is 0 Å². The molecule has 0 radical (unpaired) electrons. The van der Waals surface area contributed by atoms with Gasteiger partial charge in [-0.05, 0) is 20.2 Å². The van der Waals surface area contributed by atoms with E-state index in [2.05, 4.69) is 6.07 Å². The molecule has 5 nitrogen and oxygen atoms in total. The van der Waals surface area contributed by atoms with Crippen molar-refractivity contribution in [3.05, 3.63) is 71.4 Å². The number of epoxide rings is 1. The van der Waals surface area contributed by atoms with E-state index in [1.165, 1.54) is 0 Å². The fraction of sp³-hybridized carbons (Fsp3) is 0.200. The maximum atomic E-state index is 12.0. The summed E-state index contributed by atoms with van der Waals surface area (Å²) in [4.78, 5) is 14.1. The maximum Gasteiger partial charge on any atom is 0.180 e. The van der Waals surface area contributed by atoms with Gasteiger partial charge in [0.2, 0.25) is 0 Å². The van der Waals surface area contributed by atoms with Crippen LogP contribution in [0.25, 0.3) is 16.9 Å². The van der Waals surface area contributed by atoms with Crippen LogP contribution in [0.3, 0.4) is 0 Å². The van der Waals surface area contributed by atoms with Gasteiger partial charge in [0.25, 0.3) is 0 Å². The van der Waals surface area contributed by atoms with Crippen LogP contribution < -0.4 is 0 Å². The van der Waals surface area contributed by atoms with Crippen LogP contribution >= 0.6 is 0 Å². The van der Waals surface area contributed by atoms with Crippen molar-refractivity contribution >= 4 is 6.29 Å². The van der Waals surface area contributed by atoms with Crippen molar-refractivity contribution in [2.75, 3.05) is 14.1 Å². The standard InChI is InChI=1S/C20H17N3O2/c1-22(2)19-20(25-19)15-10-6-7-11-16(15)23-18(20)14(12-24)17(21-23)13-8-4-3-5-9-13/h3-12,19H,1-2H3. The maximum absolute atomic E-state index is 12.0. The predicted molar refractivity (Wildman–Crippen MR) is 93.7 cm³/mol. The first-order chi connectivity index (χ1) is 12.2. The highest BCUT2D eigenvalue weighted by Gasteiger charge is 2.67. The number of benzene rings is 2. The van der Waals surface area contributed by atoms with E-state index in [-0.39, 0.29) is 6.23 Å². The monoisotopic (exact) mass is 331 g/mol. The van der Waals surface area contributed by atoms with Crippen molar-refractivity contribution in [1.29, 1.82) is 0 Å². The average molecular weight is 331 g/mol. The largest absolute Gasteiger partial charge is 0.337 e. The van der Waals surface area contributed by atoms with Gasteiger partial charge in [-0.25, -0.2) is 4.68 Å². The molecule has 0 N–H and O–H groups in total. The van der Waals surface area contributed by atoms with E-state index in [0.29, 0.717) is 11.3 Å². The van der Waals surface area contributed by atoms with Gasteiger partial charge < -0.3 is 4.74 Å². The number of ether oxygens (including phenoxy) is 1. The lowest BCUT2D eigenvalue weighted by Gasteiger charge is -2.11. The molecule has 2 aromatic carbocycles. The molecule has 3 heterocycles. The van der Waals surface area contributed by atoms with Gasteiger partial charge in [-0.1, -0.05) is 48.5 Å². The van der Waals surface area contributed by atoms with E-state index in [1.54, 1.807) is 0 Å². The molecule has 1 aromatic heterocycles. The quantitative estimate of drug-likeness (QED) is 0.547. The molecule has 5 rings (SSSR count). The Hall–Kier alpha value is -2.76. The zero-order valence-electron chi connectivity index (χ0n) is 14.0. The van der Waals surface area contributed by atoms with Crippen molar-refractivity contribution < 1.29 is 9.53 Å². The van der Waals surface area contributed by atoms with E-state index in [0.717, 1.165) is 28.8 Å². The summed E-state index contributed by atoms with van der Waals surface area (Å²) >= 11 is 0. The third-order valence-electron chi connectivity index (χ3n) is 5.03. The van der Waals surface area contributed by atoms with Crippen LogP contribution in [0.4, 0.5) is 0 Å². The number of fused-ring (bicyclic) bond motifs is 5. The number of aldehydes is 1. The number of para-hydroxylation sites is 1. The van der Waals surface area contributed by atoms with Gasteiger partial charge in [0.1, 0.15) is 5.69 Å². The van der Waals surface area contributed by atoms with E-state index in [1.807, 2.05) is 72.2 Å². The summed E-state index contributed by atoms with van der Waals surface area (Å²) in [6.45, 7) is 0. The Kier molecular flexibility index (Phi) is 2.84. The highest BCUT2D eigenvalue weighted by atomic mass is 16.6. The molecule has 0 amide bonds. The Morgan fingerprint density at radius 2 is 1.84 bits per heavy atom. The second kappa shape index (κ2) is 4.88. The molecule has 2 unspecified atom stereocenters. The van der Waals surface area contributed by atoms with Gasteiger partial charge in [-0.3, -0.25) is 9.69 Å². The normalized spacial score (nSPS) is 22.9. The van der Waals surface area contributed by atoms with Crippen molar-refractivity contribution in [3.8, 4) is 16.9 Å². The van der Waals surface area contributed by atoms with E-state index in [4.69, 9.17) is 9.84 Å². The van der Waals surface area contributed by atoms with Gasteiger partial charge >= 0.3 is 0 Å². The topological polar surface area (TPSA) is 50.7 Å². The minimum Gasteiger partial charge on any atom is -0.337 e. The molecular weight excluding hydrogens is 314 g/mol. The van der Waals surface area contributed by atoms with Gasteiger partial charge in [0.05, 0.1) is 16.9 Å². The highest BCUT2D eigenvalue weighted by Crippen LogP contribution is 2.59. The first-order valence-corrected chi connectivity index (χ1v) is 8.26. The molecule has 2 aliphatic heterocycles. The van der Waals surface area contributed by atoms with Crippen LogP contribution in [0.15, 0.2) is 54.6 Å². The fourth-order valence-electron chi connectivity index (χ4n) is 3.96. The molecule has 124 valence electrons. The van der Waals surface area contributed by atoms with E-state index >= 15 is 0 Å². The van der Waals surface area contributed by atoms with Crippen LogP contribution in [0.2, 0.25) is 0 Å². The smallest absolute Gasteiger partial charge is 0.180 e. The highest BCUT2D eigenvalue weighted by molar-refractivity contribution is 5.90. The number of carbonyl (C=O) groups is 1. The molecule has 0 saturated carbocycles. The van der Waals surface area contributed by atoms with E-state index < -0.39 is 5.60 Å². The van der Waals surface area contributed by atoms with Crippen LogP contribution in [-0.2, 0) is 10.3 Å². The summed E-state index contributed by atoms with van der Waals surface area (Å²) in [7, 11) is 3.97. The van der Waals surface area contributed by atoms with Crippen LogP contribution in [0.1, 0.15) is 21.6 Å². The molecule has 1 spiro atoms. The number of hydrogen-bond acceptors (Lipinski definition) is 4. The van der Waals surface area contributed by atoms with Gasteiger partial charge in [-0.15, -0.1) is 0 Å². The summed E-state index contributed by atoms with van der Waals surface area (Å²) in [5.74, 6) is 0. The first kappa shape index (κ1) is 14.6. The lowest BCUT2D eigenvalue weighted by molar-refractivity contribution is 0.112. The summed E-state index contributed by atoms with van der Waals surface area (Å²) in [6.07, 6.45) is 0.803. The second-order valence-electron chi connectivity index (χ2n) is 6.69. The molecule has 2 aliphatic rings. The molecular formula is C20H17N3O2. The molecule has 2 atom stereocenters. The molecule has 0 aliphatic carbocycles. The van der Waals surface area contributed by atoms with Gasteiger partial charge in [-0.2, -0.15) is 5.10 Å². The van der Waals surface area contributed by atoms with Gasteiger partial charge in [0.15, 0.2) is 18.1 Å². The Morgan fingerprint density at radius 1 is 1.12 bits per heavy atom. The van der Waals surface area contributed by atoms with Crippen molar-refractivity contribution in [2.24, 2.45) is 0 Å². The number of nitrogens with zero attached hydrogens (tertiary/aromatic N) is 3. The van der Waals surface area contributed by atoms with Crippen molar-refractivity contribution in [1.82, 2.24) is 14.7 Å². The van der Waals surface area contributed by atoms with Crippen LogP contribution in [0.5, 0.6) is 0 Å². The molecule has 1 saturated heterocycles. The van der Waals surface area contributed by atoms with Crippen molar-refractivity contribution in [2.45, 2.75) is 11.8 Å². The molecule has 3 aromatic rings. The lowest BCUT2D eigenvalue weighted by atomic mass is 9.92. The van der Waals surface area contributed by atoms with Crippen molar-refractivity contribution in [3.63, 3.8) is 0 Å². The third-order valence-corrected chi connectivity index (χ3v) is 5.03. The number of carbonyl (C=O) groups excluding carboxylic acids is 1. The molecule has 1 fully saturated rings.